The van der Waals surface area contributed by atoms with Crippen molar-refractivity contribution >= 4 is 15.8 Å². The maximum atomic E-state index is 13.0. The third kappa shape index (κ3) is 3.60. The fourth-order valence-electron chi connectivity index (χ4n) is 3.01. The monoisotopic (exact) mass is 359 g/mol. The molecule has 0 radical (unpaired) electrons. The molecule has 0 aliphatic carbocycles. The first-order valence-corrected chi connectivity index (χ1v) is 9.76. The van der Waals surface area contributed by atoms with E-state index in [1.165, 1.54) is 18.4 Å². The highest BCUT2D eigenvalue weighted by molar-refractivity contribution is 7.89. The standard InChI is InChI=1S/C19H21NO4S/c1-20(2)25(22,23)13-12-16-18(21)15-10-6-7-11-17(15)24-19(16)14-8-4-3-5-9-14/h3-11,16,19H,12-13H2,1-2H3. The minimum Gasteiger partial charge on any atom is -0.484 e. The predicted octanol–water partition coefficient (Wildman–Crippen LogP) is 2.90. The lowest BCUT2D eigenvalue weighted by molar-refractivity contribution is 0.0649. The van der Waals surface area contributed by atoms with Crippen molar-refractivity contribution in [1.82, 2.24) is 4.31 Å². The number of sulfonamides is 1. The Morgan fingerprint density at radius 2 is 1.64 bits per heavy atom. The molecule has 0 N–H and O–H groups in total. The lowest BCUT2D eigenvalue weighted by Crippen LogP contribution is -2.34. The number of benzene rings is 2. The highest BCUT2D eigenvalue weighted by Crippen LogP contribution is 2.40. The quantitative estimate of drug-likeness (QED) is 0.823. The number of nitrogens with zero attached hydrogens (tertiary/aromatic N) is 1. The zero-order chi connectivity index (χ0) is 18.0. The molecular weight excluding hydrogens is 338 g/mol. The lowest BCUT2D eigenvalue weighted by atomic mass is 9.84. The van der Waals surface area contributed by atoms with Crippen molar-refractivity contribution in [2.45, 2.75) is 12.5 Å². The van der Waals surface area contributed by atoms with Crippen LogP contribution >= 0.6 is 0 Å². The number of hydrogen-bond acceptors (Lipinski definition) is 4. The number of carbonyl (C=O) groups excluding carboxylic acids is 1. The molecule has 5 nitrogen and oxygen atoms in total. The van der Waals surface area contributed by atoms with Gasteiger partial charge in [0.2, 0.25) is 10.0 Å². The molecule has 0 amide bonds. The Hall–Kier alpha value is -2.18. The average Bonchev–Trinajstić information content (AvgIpc) is 2.61. The van der Waals surface area contributed by atoms with E-state index in [1.54, 1.807) is 18.2 Å². The molecule has 132 valence electrons. The number of carbonyl (C=O) groups is 1. The smallest absolute Gasteiger partial charge is 0.213 e. The fraction of sp³-hybridized carbons (Fsp3) is 0.316. The maximum Gasteiger partial charge on any atom is 0.213 e. The topological polar surface area (TPSA) is 63.7 Å². The van der Waals surface area contributed by atoms with E-state index < -0.39 is 22.0 Å². The van der Waals surface area contributed by atoms with Crippen molar-refractivity contribution in [3.05, 3.63) is 65.7 Å². The summed E-state index contributed by atoms with van der Waals surface area (Å²) < 4.78 is 31.6. The van der Waals surface area contributed by atoms with Crippen LogP contribution in [0.15, 0.2) is 54.6 Å². The summed E-state index contributed by atoms with van der Waals surface area (Å²) in [5.41, 5.74) is 1.39. The Kier molecular flexibility index (Phi) is 4.92. The first-order valence-electron chi connectivity index (χ1n) is 8.15. The third-order valence-corrected chi connectivity index (χ3v) is 6.34. The van der Waals surface area contributed by atoms with Crippen LogP contribution in [-0.4, -0.2) is 38.4 Å². The van der Waals surface area contributed by atoms with E-state index in [9.17, 15) is 13.2 Å². The summed E-state index contributed by atoms with van der Waals surface area (Å²) in [7, 11) is -0.381. The van der Waals surface area contributed by atoms with Crippen molar-refractivity contribution < 1.29 is 17.9 Å². The summed E-state index contributed by atoms with van der Waals surface area (Å²) in [6.45, 7) is 0. The molecular formula is C19H21NO4S. The van der Waals surface area contributed by atoms with E-state index in [2.05, 4.69) is 0 Å². The molecule has 3 rings (SSSR count). The van der Waals surface area contributed by atoms with Crippen LogP contribution in [0.3, 0.4) is 0 Å². The molecule has 1 aliphatic heterocycles. The number of ketones is 1. The van der Waals surface area contributed by atoms with E-state index in [0.29, 0.717) is 11.3 Å². The fourth-order valence-corrected chi connectivity index (χ4v) is 3.93. The Morgan fingerprint density at radius 3 is 2.32 bits per heavy atom. The number of fused-ring (bicyclic) bond motifs is 1. The second-order valence-electron chi connectivity index (χ2n) is 6.30. The first-order chi connectivity index (χ1) is 11.9. The molecule has 0 aromatic heterocycles. The van der Waals surface area contributed by atoms with Crippen LogP contribution < -0.4 is 4.74 Å². The van der Waals surface area contributed by atoms with E-state index in [0.717, 1.165) is 5.56 Å². The van der Waals surface area contributed by atoms with Crippen molar-refractivity contribution in [2.75, 3.05) is 19.8 Å². The van der Waals surface area contributed by atoms with Gasteiger partial charge in [0, 0.05) is 14.1 Å². The van der Waals surface area contributed by atoms with E-state index in [4.69, 9.17) is 4.74 Å². The molecule has 2 aromatic rings. The summed E-state index contributed by atoms with van der Waals surface area (Å²) in [5.74, 6) is -0.143. The van der Waals surface area contributed by atoms with Gasteiger partial charge in [0.25, 0.3) is 0 Å². The number of para-hydroxylation sites is 1. The van der Waals surface area contributed by atoms with Crippen LogP contribution in [0.1, 0.15) is 28.4 Å². The molecule has 2 unspecified atom stereocenters. The van der Waals surface area contributed by atoms with Gasteiger partial charge in [0.1, 0.15) is 11.9 Å². The van der Waals surface area contributed by atoms with Crippen LogP contribution in [0.2, 0.25) is 0 Å². The molecule has 2 atom stereocenters. The van der Waals surface area contributed by atoms with Gasteiger partial charge in [-0.05, 0) is 24.1 Å². The van der Waals surface area contributed by atoms with Crippen LogP contribution in [0.5, 0.6) is 5.75 Å². The van der Waals surface area contributed by atoms with E-state index in [-0.39, 0.29) is 18.0 Å². The van der Waals surface area contributed by atoms with Crippen LogP contribution in [0.4, 0.5) is 0 Å². The van der Waals surface area contributed by atoms with Gasteiger partial charge in [-0.15, -0.1) is 0 Å². The minimum absolute atomic E-state index is 0.0651. The molecule has 1 heterocycles. The van der Waals surface area contributed by atoms with Gasteiger partial charge in [-0.3, -0.25) is 4.79 Å². The van der Waals surface area contributed by atoms with Crippen LogP contribution in [-0.2, 0) is 10.0 Å². The van der Waals surface area contributed by atoms with Gasteiger partial charge in [0.05, 0.1) is 17.2 Å². The second-order valence-corrected chi connectivity index (χ2v) is 8.61. The van der Waals surface area contributed by atoms with Gasteiger partial charge in [-0.2, -0.15) is 0 Å². The number of ether oxygens (including phenoxy) is 1. The molecule has 0 bridgehead atoms. The zero-order valence-electron chi connectivity index (χ0n) is 14.3. The highest BCUT2D eigenvalue weighted by atomic mass is 32.2. The van der Waals surface area contributed by atoms with Crippen LogP contribution in [0.25, 0.3) is 0 Å². The second kappa shape index (κ2) is 6.98. The highest BCUT2D eigenvalue weighted by Gasteiger charge is 2.38. The Bertz CT molecular complexity index is 862. The van der Waals surface area contributed by atoms with E-state index >= 15 is 0 Å². The molecule has 6 heteroatoms. The average molecular weight is 359 g/mol. The van der Waals surface area contributed by atoms with E-state index in [1.807, 2.05) is 36.4 Å². The zero-order valence-corrected chi connectivity index (χ0v) is 15.1. The maximum absolute atomic E-state index is 13.0. The van der Waals surface area contributed by atoms with Gasteiger partial charge >= 0.3 is 0 Å². The SMILES string of the molecule is CN(C)S(=O)(=O)CCC1C(=O)c2ccccc2OC1c1ccccc1. The van der Waals surface area contributed by atoms with Crippen molar-refractivity contribution in [3.63, 3.8) is 0 Å². The number of rotatable bonds is 5. The molecule has 0 spiro atoms. The molecule has 0 saturated heterocycles. The van der Waals surface area contributed by atoms with Gasteiger partial charge in [-0.25, -0.2) is 12.7 Å². The Morgan fingerprint density at radius 1 is 1.00 bits per heavy atom. The molecule has 25 heavy (non-hydrogen) atoms. The van der Waals surface area contributed by atoms with Gasteiger partial charge in [0.15, 0.2) is 5.78 Å². The molecule has 2 aromatic carbocycles. The van der Waals surface area contributed by atoms with Gasteiger partial charge < -0.3 is 4.74 Å². The molecule has 0 fully saturated rings. The molecule has 0 saturated carbocycles. The summed E-state index contributed by atoms with van der Waals surface area (Å²) in [6.07, 6.45) is -0.270. The van der Waals surface area contributed by atoms with Crippen molar-refractivity contribution in [3.8, 4) is 5.75 Å². The summed E-state index contributed by atoms with van der Waals surface area (Å²) >= 11 is 0. The summed E-state index contributed by atoms with van der Waals surface area (Å²) in [6, 6.07) is 16.6. The Balaban J connectivity index is 1.95. The van der Waals surface area contributed by atoms with Crippen molar-refractivity contribution in [1.29, 1.82) is 0 Å². The number of hydrogen-bond donors (Lipinski definition) is 0. The third-order valence-electron chi connectivity index (χ3n) is 4.48. The van der Waals surface area contributed by atoms with Crippen LogP contribution in [0, 0.1) is 5.92 Å². The first kappa shape index (κ1) is 17.6. The minimum atomic E-state index is -3.38. The summed E-state index contributed by atoms with van der Waals surface area (Å²) in [5, 5.41) is 0. The largest absolute Gasteiger partial charge is 0.484 e. The lowest BCUT2D eigenvalue weighted by Gasteiger charge is -2.33. The summed E-state index contributed by atoms with van der Waals surface area (Å²) in [4.78, 5) is 13.0. The number of Topliss-reactive ketones (excluding diaryl/α,β-unsaturated/α-hetero) is 1. The van der Waals surface area contributed by atoms with Gasteiger partial charge in [-0.1, -0.05) is 42.5 Å². The van der Waals surface area contributed by atoms with Crippen molar-refractivity contribution in [2.24, 2.45) is 5.92 Å². The molecule has 1 aliphatic rings. The predicted molar refractivity (Wildman–Crippen MR) is 96.2 cm³/mol. The normalized spacial score (nSPS) is 20.2. The Labute approximate surface area is 148 Å².